The highest BCUT2D eigenvalue weighted by molar-refractivity contribution is 5.70. The number of esters is 2. The summed E-state index contributed by atoms with van der Waals surface area (Å²) < 4.78 is 17.4. The minimum atomic E-state index is -0.572. The van der Waals surface area contributed by atoms with E-state index in [1.165, 1.54) is 173 Å². The van der Waals surface area contributed by atoms with Crippen LogP contribution in [0, 0.1) is 0 Å². The zero-order valence-electron chi connectivity index (χ0n) is 45.1. The molecular formula is C63H110O5. The van der Waals surface area contributed by atoms with Gasteiger partial charge in [-0.3, -0.25) is 9.59 Å². The van der Waals surface area contributed by atoms with Crippen molar-refractivity contribution in [2.45, 2.75) is 284 Å². The normalized spacial score (nSPS) is 12.8. The Labute approximate surface area is 422 Å². The number of carbonyl (C=O) groups excluding carboxylic acids is 2. The van der Waals surface area contributed by atoms with E-state index in [1.807, 2.05) is 6.08 Å². The maximum absolute atomic E-state index is 12.9. The summed E-state index contributed by atoms with van der Waals surface area (Å²) in [5.41, 5.74) is 0. The molecule has 68 heavy (non-hydrogen) atoms. The van der Waals surface area contributed by atoms with Crippen molar-refractivity contribution in [2.75, 3.05) is 19.8 Å². The van der Waals surface area contributed by atoms with E-state index < -0.39 is 6.10 Å². The van der Waals surface area contributed by atoms with Gasteiger partial charge in [-0.2, -0.15) is 0 Å². The average Bonchev–Trinajstić information content (AvgIpc) is 3.34. The Kier molecular flexibility index (Phi) is 55.9. The summed E-state index contributed by atoms with van der Waals surface area (Å²) in [4.78, 5) is 25.5. The van der Waals surface area contributed by atoms with Crippen LogP contribution in [0.15, 0.2) is 85.1 Å². The van der Waals surface area contributed by atoms with Crippen LogP contribution in [0.5, 0.6) is 0 Å². The molecule has 1 unspecified atom stereocenters. The minimum absolute atomic E-state index is 0.0424. The van der Waals surface area contributed by atoms with Crippen molar-refractivity contribution < 1.29 is 23.8 Å². The zero-order valence-corrected chi connectivity index (χ0v) is 45.1. The largest absolute Gasteiger partial charge is 0.462 e. The van der Waals surface area contributed by atoms with E-state index in [9.17, 15) is 9.59 Å². The molecule has 392 valence electrons. The van der Waals surface area contributed by atoms with Gasteiger partial charge < -0.3 is 14.2 Å². The molecule has 0 aliphatic heterocycles. The second kappa shape index (κ2) is 58.4. The molecule has 0 aromatic heterocycles. The first-order valence-corrected chi connectivity index (χ1v) is 29.1. The Morgan fingerprint density at radius 2 is 0.691 bits per heavy atom. The van der Waals surface area contributed by atoms with Crippen molar-refractivity contribution in [3.8, 4) is 0 Å². The van der Waals surface area contributed by atoms with E-state index in [2.05, 4.69) is 99.8 Å². The second-order valence-corrected chi connectivity index (χ2v) is 19.2. The van der Waals surface area contributed by atoms with Gasteiger partial charge in [0.25, 0.3) is 0 Å². The van der Waals surface area contributed by atoms with Gasteiger partial charge in [-0.15, -0.1) is 0 Å². The number of ether oxygens (including phenoxy) is 3. The zero-order chi connectivity index (χ0) is 49.2. The Morgan fingerprint density at radius 3 is 1.13 bits per heavy atom. The summed E-state index contributed by atoms with van der Waals surface area (Å²) in [6, 6.07) is 0. The van der Waals surface area contributed by atoms with Crippen LogP contribution in [-0.4, -0.2) is 37.9 Å². The molecule has 0 spiro atoms. The SMILES string of the molecule is CC/C=C\C/C=C\C/C=C\C/C=C\C/C=C\C/C=C\CCC(=O)OCC(COCCCCCCCC/C=C\CCCCCC)OC(=O)CCCCCCCCCCCCCCCCCCCCC. The van der Waals surface area contributed by atoms with Gasteiger partial charge >= 0.3 is 11.9 Å². The maximum Gasteiger partial charge on any atom is 0.306 e. The van der Waals surface area contributed by atoms with Crippen molar-refractivity contribution in [3.05, 3.63) is 85.1 Å². The fourth-order valence-electron chi connectivity index (χ4n) is 8.12. The first kappa shape index (κ1) is 65.1. The fourth-order valence-corrected chi connectivity index (χ4v) is 8.12. The molecule has 0 amide bonds. The monoisotopic (exact) mass is 947 g/mol. The first-order valence-electron chi connectivity index (χ1n) is 29.1. The predicted molar refractivity (Wildman–Crippen MR) is 297 cm³/mol. The smallest absolute Gasteiger partial charge is 0.306 e. The third-order valence-electron chi connectivity index (χ3n) is 12.4. The highest BCUT2D eigenvalue weighted by atomic mass is 16.6. The molecule has 0 bridgehead atoms. The quantitative estimate of drug-likeness (QED) is 0.0345. The van der Waals surface area contributed by atoms with Gasteiger partial charge in [0.15, 0.2) is 6.10 Å². The molecule has 1 atom stereocenters. The van der Waals surface area contributed by atoms with Gasteiger partial charge in [0.05, 0.1) is 6.61 Å². The van der Waals surface area contributed by atoms with Gasteiger partial charge in [-0.1, -0.05) is 266 Å². The van der Waals surface area contributed by atoms with E-state index in [-0.39, 0.29) is 25.2 Å². The van der Waals surface area contributed by atoms with Crippen molar-refractivity contribution in [1.82, 2.24) is 0 Å². The molecule has 0 radical (unpaired) electrons. The van der Waals surface area contributed by atoms with Gasteiger partial charge in [-0.05, 0) is 83.5 Å². The molecule has 0 aromatic rings. The Bertz CT molecular complexity index is 1250. The molecule has 5 nitrogen and oxygen atoms in total. The van der Waals surface area contributed by atoms with Crippen LogP contribution in [0.1, 0.15) is 278 Å². The number of hydrogen-bond donors (Lipinski definition) is 0. The van der Waals surface area contributed by atoms with Gasteiger partial charge in [0.1, 0.15) is 6.61 Å². The lowest BCUT2D eigenvalue weighted by molar-refractivity contribution is -0.162. The summed E-state index contributed by atoms with van der Waals surface area (Å²) in [6.07, 6.45) is 77.6. The molecule has 0 aliphatic carbocycles. The highest BCUT2D eigenvalue weighted by Crippen LogP contribution is 2.16. The first-order chi connectivity index (χ1) is 33.6. The highest BCUT2D eigenvalue weighted by Gasteiger charge is 2.17. The fraction of sp³-hybridized carbons (Fsp3) is 0.746. The van der Waals surface area contributed by atoms with Crippen molar-refractivity contribution >= 4 is 11.9 Å². The number of rotatable bonds is 53. The molecule has 0 N–H and O–H groups in total. The summed E-state index contributed by atoms with van der Waals surface area (Å²) in [5.74, 6) is -0.488. The van der Waals surface area contributed by atoms with E-state index in [1.54, 1.807) is 0 Å². The Hall–Kier alpha value is -2.92. The Balaban J connectivity index is 4.36. The molecule has 0 saturated heterocycles. The second-order valence-electron chi connectivity index (χ2n) is 19.2. The van der Waals surface area contributed by atoms with Gasteiger partial charge in [-0.25, -0.2) is 0 Å². The third-order valence-corrected chi connectivity index (χ3v) is 12.4. The van der Waals surface area contributed by atoms with E-state index in [0.717, 1.165) is 64.2 Å². The minimum Gasteiger partial charge on any atom is -0.462 e. The van der Waals surface area contributed by atoms with Crippen molar-refractivity contribution in [1.29, 1.82) is 0 Å². The maximum atomic E-state index is 12.9. The standard InChI is InChI=1S/C63H110O5/c1-4-7-10-13-16-19-22-25-28-30-32-34-36-38-41-44-47-50-53-56-62(64)67-60-61(59-66-58-55-52-49-46-43-40-27-24-21-18-15-12-9-6-3)68-63(65)57-54-51-48-45-42-39-37-35-33-31-29-26-23-20-17-14-11-8-5-2/h7,10,16,19,21,24-25,28,32,34,38,41,47,50,61H,4-6,8-9,11-15,17-18,20,22-23,26-27,29-31,33,35-37,39-40,42-46,48-49,51-60H2,1-3H3/b10-7-,19-16-,24-21-,28-25-,34-32-,41-38-,50-47-. The summed E-state index contributed by atoms with van der Waals surface area (Å²) >= 11 is 0. The van der Waals surface area contributed by atoms with Crippen LogP contribution in [0.4, 0.5) is 0 Å². The topological polar surface area (TPSA) is 61.8 Å². The Morgan fingerprint density at radius 1 is 0.338 bits per heavy atom. The van der Waals surface area contributed by atoms with Crippen LogP contribution in [0.25, 0.3) is 0 Å². The van der Waals surface area contributed by atoms with Crippen LogP contribution in [-0.2, 0) is 23.8 Å². The molecule has 0 saturated carbocycles. The number of allylic oxidation sites excluding steroid dienone is 14. The molecule has 5 heteroatoms. The molecule has 0 aromatic carbocycles. The molecular weight excluding hydrogens is 837 g/mol. The van der Waals surface area contributed by atoms with E-state index in [4.69, 9.17) is 14.2 Å². The van der Waals surface area contributed by atoms with E-state index in [0.29, 0.717) is 25.9 Å². The number of unbranched alkanes of at least 4 members (excludes halogenated alkanes) is 28. The summed E-state index contributed by atoms with van der Waals surface area (Å²) in [5, 5.41) is 0. The predicted octanol–water partition coefficient (Wildman–Crippen LogP) is 20.0. The number of carbonyl (C=O) groups is 2. The lowest BCUT2D eigenvalue weighted by atomic mass is 10.0. The molecule has 0 heterocycles. The molecule has 0 fully saturated rings. The third kappa shape index (κ3) is 55.7. The van der Waals surface area contributed by atoms with E-state index >= 15 is 0 Å². The van der Waals surface area contributed by atoms with Gasteiger partial charge in [0.2, 0.25) is 0 Å². The molecule has 0 aliphatic rings. The van der Waals surface area contributed by atoms with Crippen LogP contribution >= 0.6 is 0 Å². The lowest BCUT2D eigenvalue weighted by Crippen LogP contribution is -2.30. The average molecular weight is 948 g/mol. The van der Waals surface area contributed by atoms with Gasteiger partial charge in [0, 0.05) is 19.4 Å². The number of hydrogen-bond acceptors (Lipinski definition) is 5. The van der Waals surface area contributed by atoms with Crippen LogP contribution in [0.2, 0.25) is 0 Å². The lowest BCUT2D eigenvalue weighted by Gasteiger charge is -2.18. The van der Waals surface area contributed by atoms with Crippen LogP contribution in [0.3, 0.4) is 0 Å². The van der Waals surface area contributed by atoms with Crippen molar-refractivity contribution in [2.24, 2.45) is 0 Å². The van der Waals surface area contributed by atoms with Crippen molar-refractivity contribution in [3.63, 3.8) is 0 Å². The van der Waals surface area contributed by atoms with Crippen LogP contribution < -0.4 is 0 Å². The summed E-state index contributed by atoms with van der Waals surface area (Å²) in [7, 11) is 0. The summed E-state index contributed by atoms with van der Waals surface area (Å²) in [6.45, 7) is 7.64. The molecule has 0 rings (SSSR count).